The van der Waals surface area contributed by atoms with Crippen molar-refractivity contribution in [3.63, 3.8) is 0 Å². The van der Waals surface area contributed by atoms with Gasteiger partial charge in [-0.15, -0.1) is 0 Å². The Labute approximate surface area is 275 Å². The van der Waals surface area contributed by atoms with Gasteiger partial charge in [0.05, 0.1) is 12.0 Å². The van der Waals surface area contributed by atoms with Gasteiger partial charge in [0.1, 0.15) is 0 Å². The molecule has 0 fully saturated rings. The smallest absolute Gasteiger partial charge is 0.332 e. The van der Waals surface area contributed by atoms with E-state index >= 15 is 0 Å². The Balaban J connectivity index is 3.89. The van der Waals surface area contributed by atoms with Crippen molar-refractivity contribution in [1.82, 2.24) is 10.6 Å². The fourth-order valence-electron chi connectivity index (χ4n) is 5.91. The molecule has 1 N–H and O–H groups in total. The van der Waals surface area contributed by atoms with E-state index in [1.54, 1.807) is 0 Å². The summed E-state index contributed by atoms with van der Waals surface area (Å²) < 4.78 is 0. The van der Waals surface area contributed by atoms with Crippen LogP contribution in [0.4, 0.5) is 0 Å². The highest BCUT2D eigenvalue weighted by atomic mass is 16.7. The van der Waals surface area contributed by atoms with Crippen LogP contribution < -0.4 is 5.43 Å². The predicted molar refractivity (Wildman–Crippen MR) is 190 cm³/mol. The summed E-state index contributed by atoms with van der Waals surface area (Å²) in [6.07, 6.45) is 37.5. The fourth-order valence-corrected chi connectivity index (χ4v) is 5.91. The highest BCUT2D eigenvalue weighted by Gasteiger charge is 2.31. The Kier molecular flexibility index (Phi) is 31.1. The molecule has 5 nitrogen and oxygen atoms in total. The lowest BCUT2D eigenvalue weighted by Crippen LogP contribution is -2.46. The molecule has 0 unspecified atom stereocenters. The molecule has 1 amide bonds. The van der Waals surface area contributed by atoms with Gasteiger partial charge in [0.25, 0.3) is 0 Å². The summed E-state index contributed by atoms with van der Waals surface area (Å²) in [5, 5.41) is 1.37. The molecule has 0 heterocycles. The summed E-state index contributed by atoms with van der Waals surface area (Å²) >= 11 is 0. The maximum Gasteiger partial charge on any atom is 0.332 e. The van der Waals surface area contributed by atoms with E-state index in [4.69, 9.17) is 4.84 Å². The molecule has 0 aromatic carbocycles. The van der Waals surface area contributed by atoms with Crippen LogP contribution in [-0.4, -0.2) is 23.6 Å². The Bertz CT molecular complexity index is 637. The second-order valence-electron chi connectivity index (χ2n) is 14.2. The zero-order chi connectivity index (χ0) is 32.6. The van der Waals surface area contributed by atoms with Crippen LogP contribution in [0.3, 0.4) is 0 Å². The summed E-state index contributed by atoms with van der Waals surface area (Å²) in [6, 6.07) is 0. The van der Waals surface area contributed by atoms with Crippen LogP contribution in [0.2, 0.25) is 0 Å². The first-order valence-electron chi connectivity index (χ1n) is 19.7. The van der Waals surface area contributed by atoms with Crippen LogP contribution in [0.25, 0.3) is 0 Å². The van der Waals surface area contributed by atoms with Gasteiger partial charge < -0.3 is 4.84 Å². The Morgan fingerprint density at radius 1 is 0.500 bits per heavy atom. The number of hydrogen-bond acceptors (Lipinski definition) is 4. The third-order valence-corrected chi connectivity index (χ3v) is 9.08. The second-order valence-corrected chi connectivity index (χ2v) is 14.2. The number of hydroxylamine groups is 1. The summed E-state index contributed by atoms with van der Waals surface area (Å²) in [7, 11) is 0. The quantitative estimate of drug-likeness (QED) is 0.0573. The minimum Gasteiger partial charge on any atom is -0.348 e. The van der Waals surface area contributed by atoms with E-state index in [0.717, 1.165) is 32.1 Å². The van der Waals surface area contributed by atoms with E-state index in [-0.39, 0.29) is 11.9 Å². The number of carbonyl (C=O) groups excluding carboxylic acids is 2. The molecule has 0 bridgehead atoms. The number of rotatable bonds is 34. The molecule has 0 atom stereocenters. The Morgan fingerprint density at radius 2 is 0.841 bits per heavy atom. The van der Waals surface area contributed by atoms with Crippen molar-refractivity contribution in [1.29, 1.82) is 0 Å². The second kappa shape index (κ2) is 31.9. The molecule has 0 aliphatic rings. The zero-order valence-corrected chi connectivity index (χ0v) is 30.6. The first-order valence-corrected chi connectivity index (χ1v) is 19.7. The van der Waals surface area contributed by atoms with Crippen LogP contribution >= 0.6 is 0 Å². The molecule has 0 aromatic rings. The Hall–Kier alpha value is -1.10. The molecule has 0 radical (unpaired) electrons. The molecule has 44 heavy (non-hydrogen) atoms. The van der Waals surface area contributed by atoms with E-state index in [2.05, 4.69) is 19.3 Å². The topological polar surface area (TPSA) is 58.6 Å². The first kappa shape index (κ1) is 42.9. The van der Waals surface area contributed by atoms with Crippen molar-refractivity contribution in [3.8, 4) is 0 Å². The molecule has 0 saturated heterocycles. The SMILES string of the molecule is CCCCCCCCCCCCCCCCCC(=O)NN(CCC)OC(=O)C(C)(C)CCCCCCCCCCCCCC. The van der Waals surface area contributed by atoms with Gasteiger partial charge in [0.15, 0.2) is 0 Å². The number of hydrazine groups is 1. The van der Waals surface area contributed by atoms with Crippen molar-refractivity contribution < 1.29 is 14.4 Å². The summed E-state index contributed by atoms with van der Waals surface area (Å²) in [4.78, 5) is 31.2. The van der Waals surface area contributed by atoms with Gasteiger partial charge in [-0.2, -0.15) is 0 Å². The van der Waals surface area contributed by atoms with Gasteiger partial charge in [0.2, 0.25) is 5.91 Å². The molecule has 0 aliphatic carbocycles. The third-order valence-electron chi connectivity index (χ3n) is 9.08. The van der Waals surface area contributed by atoms with Crippen LogP contribution in [0.1, 0.15) is 227 Å². The zero-order valence-electron chi connectivity index (χ0n) is 30.6. The third kappa shape index (κ3) is 28.4. The molecule has 0 spiro atoms. The molecule has 0 aromatic heterocycles. The normalized spacial score (nSPS) is 11.8. The first-order chi connectivity index (χ1) is 21.4. The van der Waals surface area contributed by atoms with Crippen LogP contribution in [0, 0.1) is 5.41 Å². The van der Waals surface area contributed by atoms with Gasteiger partial charge in [-0.05, 0) is 38.3 Å². The molecule has 0 rings (SSSR count). The highest BCUT2D eigenvalue weighted by Crippen LogP contribution is 2.26. The maximum atomic E-state index is 13.0. The number of nitrogens with zero attached hydrogens (tertiary/aromatic N) is 1. The van der Waals surface area contributed by atoms with Crippen LogP contribution in [-0.2, 0) is 14.4 Å². The number of hydrogen-bond donors (Lipinski definition) is 1. The van der Waals surface area contributed by atoms with Crippen molar-refractivity contribution in [2.75, 3.05) is 6.54 Å². The minimum absolute atomic E-state index is 0.0558. The predicted octanol–water partition coefficient (Wildman–Crippen LogP) is 12.6. The van der Waals surface area contributed by atoms with Gasteiger partial charge in [0, 0.05) is 6.42 Å². The molecular weight excluding hydrogens is 544 g/mol. The van der Waals surface area contributed by atoms with E-state index in [1.807, 2.05) is 20.8 Å². The lowest BCUT2D eigenvalue weighted by Gasteiger charge is -2.27. The van der Waals surface area contributed by atoms with Crippen LogP contribution in [0.15, 0.2) is 0 Å². The Morgan fingerprint density at radius 3 is 1.20 bits per heavy atom. The van der Waals surface area contributed by atoms with Crippen molar-refractivity contribution >= 4 is 11.9 Å². The number of amides is 1. The summed E-state index contributed by atoms with van der Waals surface area (Å²) in [6.45, 7) is 11.0. The average molecular weight is 623 g/mol. The van der Waals surface area contributed by atoms with Crippen molar-refractivity contribution in [2.45, 2.75) is 227 Å². The molecule has 262 valence electrons. The van der Waals surface area contributed by atoms with E-state index in [9.17, 15) is 9.59 Å². The summed E-state index contributed by atoms with van der Waals surface area (Å²) in [5.74, 6) is -0.305. The number of carbonyl (C=O) groups is 2. The molecule has 0 saturated carbocycles. The van der Waals surface area contributed by atoms with Gasteiger partial charge in [-0.1, -0.05) is 188 Å². The lowest BCUT2D eigenvalue weighted by molar-refractivity contribution is -0.217. The van der Waals surface area contributed by atoms with E-state index < -0.39 is 5.41 Å². The van der Waals surface area contributed by atoms with Crippen molar-refractivity contribution in [2.24, 2.45) is 5.41 Å². The molecular formula is C39H78N2O3. The standard InChI is InChI=1S/C39H78N2O3/c1-6-9-11-13-15-17-19-21-22-23-24-26-28-30-32-34-37(42)40-41(36-8-3)44-38(43)39(4,5)35-33-31-29-27-25-20-18-16-14-12-10-7-2/h6-36H2,1-5H3,(H,40,42). The van der Waals surface area contributed by atoms with Crippen LogP contribution in [0.5, 0.6) is 0 Å². The molecule has 0 aliphatic heterocycles. The maximum absolute atomic E-state index is 13.0. The average Bonchev–Trinajstić information content (AvgIpc) is 2.99. The fraction of sp³-hybridized carbons (Fsp3) is 0.949. The number of unbranched alkanes of at least 4 members (excludes halogenated alkanes) is 25. The highest BCUT2D eigenvalue weighted by molar-refractivity contribution is 5.77. The largest absolute Gasteiger partial charge is 0.348 e. The van der Waals surface area contributed by atoms with E-state index in [0.29, 0.717) is 13.0 Å². The van der Waals surface area contributed by atoms with Crippen molar-refractivity contribution in [3.05, 3.63) is 0 Å². The lowest BCUT2D eigenvalue weighted by atomic mass is 9.87. The van der Waals surface area contributed by atoms with Gasteiger partial charge in [-0.3, -0.25) is 10.2 Å². The summed E-state index contributed by atoms with van der Waals surface area (Å²) in [5.41, 5.74) is 2.28. The minimum atomic E-state index is -0.552. The molecule has 5 heteroatoms. The number of nitrogens with one attached hydrogen (secondary N) is 1. The van der Waals surface area contributed by atoms with Gasteiger partial charge in [-0.25, -0.2) is 4.79 Å². The van der Waals surface area contributed by atoms with Gasteiger partial charge >= 0.3 is 5.97 Å². The van der Waals surface area contributed by atoms with E-state index in [1.165, 1.54) is 159 Å². The monoisotopic (exact) mass is 623 g/mol.